The fourth-order valence-electron chi connectivity index (χ4n) is 2.58. The quantitative estimate of drug-likeness (QED) is 0.901. The summed E-state index contributed by atoms with van der Waals surface area (Å²) in [5, 5.41) is 0.767. The first kappa shape index (κ1) is 14.6. The van der Waals surface area contributed by atoms with E-state index in [1.807, 2.05) is 18.2 Å². The Bertz CT molecular complexity index is 411. The van der Waals surface area contributed by atoms with Gasteiger partial charge in [0.1, 0.15) is 0 Å². The molecular weight excluding hydrogens is 260 g/mol. The summed E-state index contributed by atoms with van der Waals surface area (Å²) in [6.45, 7) is 5.53. The Labute approximate surface area is 120 Å². The van der Waals surface area contributed by atoms with E-state index in [-0.39, 0.29) is 0 Å². The van der Waals surface area contributed by atoms with Crippen molar-refractivity contribution in [2.45, 2.75) is 38.8 Å². The lowest BCUT2D eigenvalue weighted by molar-refractivity contribution is 0.0440. The predicted molar refractivity (Wildman–Crippen MR) is 80.8 cm³/mol. The summed E-state index contributed by atoms with van der Waals surface area (Å²) in [7, 11) is 0. The highest BCUT2D eigenvalue weighted by Crippen LogP contribution is 2.28. The average Bonchev–Trinajstić information content (AvgIpc) is 2.45. The Kier molecular flexibility index (Phi) is 5.49. The molecule has 1 heterocycles. The Morgan fingerprint density at radius 3 is 3.05 bits per heavy atom. The second-order valence-corrected chi connectivity index (χ2v) is 5.49. The maximum atomic E-state index is 6.11. The van der Waals surface area contributed by atoms with Gasteiger partial charge in [-0.2, -0.15) is 0 Å². The third kappa shape index (κ3) is 3.85. The van der Waals surface area contributed by atoms with Crippen LogP contribution in [-0.2, 0) is 11.3 Å². The van der Waals surface area contributed by atoms with Gasteiger partial charge in [-0.1, -0.05) is 24.6 Å². The van der Waals surface area contributed by atoms with Crippen molar-refractivity contribution < 1.29 is 4.74 Å². The number of halogens is 1. The molecule has 1 aliphatic rings. The van der Waals surface area contributed by atoms with E-state index >= 15 is 0 Å². The van der Waals surface area contributed by atoms with Crippen molar-refractivity contribution in [2.75, 3.05) is 24.6 Å². The zero-order chi connectivity index (χ0) is 13.7. The largest absolute Gasteiger partial charge is 0.376 e. The predicted octanol–water partition coefficient (Wildman–Crippen LogP) is 3.19. The number of anilines is 1. The second-order valence-electron chi connectivity index (χ2n) is 5.06. The molecule has 0 amide bonds. The molecule has 1 unspecified atom stereocenters. The third-order valence-electron chi connectivity index (χ3n) is 3.54. The molecule has 2 N–H and O–H groups in total. The molecule has 2 rings (SSSR count). The van der Waals surface area contributed by atoms with E-state index in [1.165, 1.54) is 5.69 Å². The van der Waals surface area contributed by atoms with Gasteiger partial charge in [0.25, 0.3) is 0 Å². The van der Waals surface area contributed by atoms with Gasteiger partial charge in [-0.15, -0.1) is 0 Å². The molecule has 106 valence electrons. The minimum Gasteiger partial charge on any atom is -0.376 e. The number of nitrogens with two attached hydrogens (primary N) is 1. The van der Waals surface area contributed by atoms with Gasteiger partial charge in [-0.25, -0.2) is 0 Å². The maximum Gasteiger partial charge on any atom is 0.0750 e. The first-order valence-electron chi connectivity index (χ1n) is 7.09. The summed E-state index contributed by atoms with van der Waals surface area (Å²) in [4.78, 5) is 2.36. The number of benzene rings is 1. The molecule has 3 nitrogen and oxygen atoms in total. The molecule has 0 saturated carbocycles. The smallest absolute Gasteiger partial charge is 0.0750 e. The summed E-state index contributed by atoms with van der Waals surface area (Å²) in [6, 6.07) is 5.95. The number of ether oxygens (including phenoxy) is 1. The topological polar surface area (TPSA) is 38.5 Å². The van der Waals surface area contributed by atoms with Gasteiger partial charge in [0.05, 0.1) is 6.10 Å². The number of hydrogen-bond acceptors (Lipinski definition) is 3. The Morgan fingerprint density at radius 2 is 2.32 bits per heavy atom. The number of piperidine rings is 1. The molecule has 0 radical (unpaired) electrons. The fraction of sp³-hybridized carbons (Fsp3) is 0.600. The first-order chi connectivity index (χ1) is 9.24. The third-order valence-corrected chi connectivity index (χ3v) is 3.78. The molecule has 1 aromatic rings. The number of hydrogen-bond donors (Lipinski definition) is 1. The van der Waals surface area contributed by atoms with E-state index in [2.05, 4.69) is 11.8 Å². The van der Waals surface area contributed by atoms with Crippen LogP contribution in [0.25, 0.3) is 0 Å². The van der Waals surface area contributed by atoms with Crippen molar-refractivity contribution in [1.29, 1.82) is 0 Å². The molecule has 19 heavy (non-hydrogen) atoms. The second kappa shape index (κ2) is 7.13. The summed E-state index contributed by atoms with van der Waals surface area (Å²) in [5.74, 6) is 0. The average molecular weight is 283 g/mol. The van der Waals surface area contributed by atoms with Crippen molar-refractivity contribution in [3.63, 3.8) is 0 Å². The summed E-state index contributed by atoms with van der Waals surface area (Å²) in [6.07, 6.45) is 3.71. The van der Waals surface area contributed by atoms with Crippen molar-refractivity contribution in [3.8, 4) is 0 Å². The van der Waals surface area contributed by atoms with E-state index in [0.29, 0.717) is 12.6 Å². The summed E-state index contributed by atoms with van der Waals surface area (Å²) in [5.41, 5.74) is 8.14. The van der Waals surface area contributed by atoms with E-state index < -0.39 is 0 Å². The van der Waals surface area contributed by atoms with Crippen LogP contribution in [0.5, 0.6) is 0 Å². The number of nitrogens with zero attached hydrogens (tertiary/aromatic N) is 1. The fourth-order valence-corrected chi connectivity index (χ4v) is 2.75. The summed E-state index contributed by atoms with van der Waals surface area (Å²) >= 11 is 6.11. The van der Waals surface area contributed by atoms with Gasteiger partial charge in [0, 0.05) is 37.0 Å². The van der Waals surface area contributed by atoms with Crippen molar-refractivity contribution in [1.82, 2.24) is 0 Å². The summed E-state index contributed by atoms with van der Waals surface area (Å²) < 4.78 is 5.88. The van der Waals surface area contributed by atoms with Crippen molar-refractivity contribution >= 4 is 17.3 Å². The van der Waals surface area contributed by atoms with Crippen LogP contribution in [0.3, 0.4) is 0 Å². The Balaban J connectivity index is 2.10. The molecule has 0 bridgehead atoms. The molecule has 1 fully saturated rings. The van der Waals surface area contributed by atoms with Crippen molar-refractivity contribution in [3.05, 3.63) is 28.8 Å². The lowest BCUT2D eigenvalue weighted by Crippen LogP contribution is -2.40. The van der Waals surface area contributed by atoms with Crippen LogP contribution in [0.4, 0.5) is 5.69 Å². The standard InChI is InChI=1S/C15H23ClN2O/c1-2-8-19-14-4-3-7-18(11-14)15-9-13(16)6-5-12(15)10-17/h5-6,9,14H,2-4,7-8,10-11,17H2,1H3. The number of rotatable bonds is 5. The molecular formula is C15H23ClN2O. The SMILES string of the molecule is CCCOC1CCCN(c2cc(Cl)ccc2CN)C1. The van der Waals surface area contributed by atoms with Gasteiger partial charge in [0.15, 0.2) is 0 Å². The van der Waals surface area contributed by atoms with E-state index in [9.17, 15) is 0 Å². The van der Waals surface area contributed by atoms with Crippen molar-refractivity contribution in [2.24, 2.45) is 5.73 Å². The first-order valence-corrected chi connectivity index (χ1v) is 7.47. The molecule has 0 aromatic heterocycles. The van der Waals surface area contributed by atoms with Gasteiger partial charge >= 0.3 is 0 Å². The highest BCUT2D eigenvalue weighted by atomic mass is 35.5. The zero-order valence-electron chi connectivity index (χ0n) is 11.6. The lowest BCUT2D eigenvalue weighted by atomic mass is 10.0. The molecule has 0 aliphatic carbocycles. The molecule has 1 aliphatic heterocycles. The van der Waals surface area contributed by atoms with Gasteiger partial charge in [0.2, 0.25) is 0 Å². The normalized spacial score (nSPS) is 19.7. The van der Waals surface area contributed by atoms with Crippen LogP contribution in [0.15, 0.2) is 18.2 Å². The highest BCUT2D eigenvalue weighted by molar-refractivity contribution is 6.30. The molecule has 1 aromatic carbocycles. The minimum absolute atomic E-state index is 0.332. The minimum atomic E-state index is 0.332. The molecule has 4 heteroatoms. The van der Waals surface area contributed by atoms with Crippen LogP contribution >= 0.6 is 11.6 Å². The van der Waals surface area contributed by atoms with Crippen LogP contribution < -0.4 is 10.6 Å². The van der Waals surface area contributed by atoms with E-state index in [4.69, 9.17) is 22.1 Å². The highest BCUT2D eigenvalue weighted by Gasteiger charge is 2.22. The van der Waals surface area contributed by atoms with Crippen LogP contribution in [0.2, 0.25) is 5.02 Å². The van der Waals surface area contributed by atoms with Gasteiger partial charge < -0.3 is 15.4 Å². The van der Waals surface area contributed by atoms with Crippen LogP contribution in [-0.4, -0.2) is 25.8 Å². The molecule has 1 saturated heterocycles. The van der Waals surface area contributed by atoms with Gasteiger partial charge in [-0.3, -0.25) is 0 Å². The Morgan fingerprint density at radius 1 is 1.47 bits per heavy atom. The zero-order valence-corrected chi connectivity index (χ0v) is 12.3. The van der Waals surface area contributed by atoms with E-state index in [1.54, 1.807) is 0 Å². The van der Waals surface area contributed by atoms with Crippen LogP contribution in [0, 0.1) is 0 Å². The molecule has 0 spiro atoms. The Hall–Kier alpha value is -0.770. The lowest BCUT2D eigenvalue weighted by Gasteiger charge is -2.35. The van der Waals surface area contributed by atoms with Gasteiger partial charge in [-0.05, 0) is 37.0 Å². The monoisotopic (exact) mass is 282 g/mol. The molecule has 1 atom stereocenters. The maximum absolute atomic E-state index is 6.11. The van der Waals surface area contributed by atoms with E-state index in [0.717, 1.165) is 49.5 Å². The van der Waals surface area contributed by atoms with Crippen LogP contribution in [0.1, 0.15) is 31.7 Å².